The maximum atomic E-state index is 12.9. The van der Waals surface area contributed by atoms with E-state index in [0.29, 0.717) is 27.9 Å². The summed E-state index contributed by atoms with van der Waals surface area (Å²) < 4.78 is 23.5. The number of hydrogen-bond donors (Lipinski definition) is 1. The first-order valence-corrected chi connectivity index (χ1v) is 10.4. The molecule has 0 aliphatic rings. The highest BCUT2D eigenvalue weighted by atomic mass is 32.2. The Kier molecular flexibility index (Phi) is 6.89. The number of nitrogens with one attached hydrogen (secondary N) is 1. The molecule has 0 saturated carbocycles. The predicted molar refractivity (Wildman–Crippen MR) is 111 cm³/mol. The highest BCUT2D eigenvalue weighted by Gasteiger charge is 2.19. The summed E-state index contributed by atoms with van der Waals surface area (Å²) >= 11 is 3.04. The first-order valence-electron chi connectivity index (χ1n) is 8.39. The lowest BCUT2D eigenvalue weighted by Gasteiger charge is -2.11. The van der Waals surface area contributed by atoms with Crippen LogP contribution in [0.4, 0.5) is 9.52 Å². The van der Waals surface area contributed by atoms with Gasteiger partial charge in [0.15, 0.2) is 5.13 Å². The van der Waals surface area contributed by atoms with Crippen molar-refractivity contribution in [3.05, 3.63) is 70.5 Å². The van der Waals surface area contributed by atoms with E-state index in [1.165, 1.54) is 37.7 Å². The number of hydrogen-bond acceptors (Lipinski definition) is 6. The molecule has 0 bridgehead atoms. The summed E-state index contributed by atoms with van der Waals surface area (Å²) in [5, 5.41) is 5.22. The lowest BCUT2D eigenvalue weighted by Crippen LogP contribution is -2.14. The van der Waals surface area contributed by atoms with Crippen LogP contribution in [0, 0.1) is 5.82 Å². The Morgan fingerprint density at radius 1 is 1.11 bits per heavy atom. The minimum Gasteiger partial charge on any atom is -0.496 e. The Morgan fingerprint density at radius 2 is 1.79 bits per heavy atom. The number of aromatic nitrogens is 1. The second-order valence-corrected chi connectivity index (χ2v) is 7.60. The van der Waals surface area contributed by atoms with E-state index < -0.39 is 0 Å². The van der Waals surface area contributed by atoms with Gasteiger partial charge in [0.25, 0.3) is 5.91 Å². The number of rotatable bonds is 8. The van der Waals surface area contributed by atoms with Crippen LogP contribution in [0.25, 0.3) is 0 Å². The van der Waals surface area contributed by atoms with Gasteiger partial charge in [-0.25, -0.2) is 9.37 Å². The standard InChI is InChI=1S/C20H19FN2O3S2/c1-25-16-4-3-5-17(26-2)18(16)19(24)23-20-22-15(12-28-20)11-27-10-13-6-8-14(21)9-7-13/h3-9,12H,10-11H2,1-2H3,(H,22,23,24). The summed E-state index contributed by atoms with van der Waals surface area (Å²) in [4.78, 5) is 17.1. The van der Waals surface area contributed by atoms with Gasteiger partial charge in [-0.15, -0.1) is 11.3 Å². The van der Waals surface area contributed by atoms with Gasteiger partial charge in [0.1, 0.15) is 22.9 Å². The molecule has 0 radical (unpaired) electrons. The van der Waals surface area contributed by atoms with Gasteiger partial charge in [-0.1, -0.05) is 18.2 Å². The SMILES string of the molecule is COc1cccc(OC)c1C(=O)Nc1nc(CSCc2ccc(F)cc2)cs1. The Labute approximate surface area is 170 Å². The Hall–Kier alpha value is -2.58. The number of amides is 1. The molecule has 28 heavy (non-hydrogen) atoms. The van der Waals surface area contributed by atoms with E-state index in [0.717, 1.165) is 17.0 Å². The van der Waals surface area contributed by atoms with Gasteiger partial charge < -0.3 is 9.47 Å². The van der Waals surface area contributed by atoms with Crippen LogP contribution in [-0.2, 0) is 11.5 Å². The maximum absolute atomic E-state index is 12.9. The fraction of sp³-hybridized carbons (Fsp3) is 0.200. The number of anilines is 1. The number of carbonyl (C=O) groups is 1. The largest absolute Gasteiger partial charge is 0.496 e. The van der Waals surface area contributed by atoms with Crippen LogP contribution in [0.5, 0.6) is 11.5 Å². The summed E-state index contributed by atoms with van der Waals surface area (Å²) in [6.45, 7) is 0. The number of carbonyl (C=O) groups excluding carboxylic acids is 1. The number of thioether (sulfide) groups is 1. The van der Waals surface area contributed by atoms with E-state index in [1.807, 2.05) is 5.38 Å². The zero-order valence-corrected chi connectivity index (χ0v) is 17.0. The van der Waals surface area contributed by atoms with Crippen LogP contribution in [0.15, 0.2) is 47.8 Å². The lowest BCUT2D eigenvalue weighted by atomic mass is 10.1. The van der Waals surface area contributed by atoms with Crippen molar-refractivity contribution in [2.24, 2.45) is 0 Å². The van der Waals surface area contributed by atoms with Crippen molar-refractivity contribution < 1.29 is 18.7 Å². The van der Waals surface area contributed by atoms with Crippen molar-refractivity contribution in [1.29, 1.82) is 0 Å². The third-order valence-corrected chi connectivity index (χ3v) is 5.70. The van der Waals surface area contributed by atoms with E-state index in [2.05, 4.69) is 10.3 Å². The first kappa shape index (κ1) is 20.2. The van der Waals surface area contributed by atoms with Crippen LogP contribution >= 0.6 is 23.1 Å². The molecule has 1 aromatic heterocycles. The van der Waals surface area contributed by atoms with Gasteiger partial charge >= 0.3 is 0 Å². The van der Waals surface area contributed by atoms with Gasteiger partial charge in [0, 0.05) is 16.9 Å². The quantitative estimate of drug-likeness (QED) is 0.559. The summed E-state index contributed by atoms with van der Waals surface area (Å²) in [5.74, 6) is 1.75. The molecule has 0 aliphatic heterocycles. The van der Waals surface area contributed by atoms with Crippen molar-refractivity contribution in [2.45, 2.75) is 11.5 Å². The van der Waals surface area contributed by atoms with Gasteiger partial charge in [-0.05, 0) is 29.8 Å². The monoisotopic (exact) mass is 418 g/mol. The van der Waals surface area contributed by atoms with E-state index in [1.54, 1.807) is 42.1 Å². The summed E-state index contributed by atoms with van der Waals surface area (Å²) in [7, 11) is 3.01. The molecule has 0 aliphatic carbocycles. The predicted octanol–water partition coefficient (Wildman–Crippen LogP) is 4.99. The van der Waals surface area contributed by atoms with Crippen molar-refractivity contribution in [1.82, 2.24) is 4.98 Å². The molecule has 3 aromatic rings. The van der Waals surface area contributed by atoms with Crippen molar-refractivity contribution in [2.75, 3.05) is 19.5 Å². The van der Waals surface area contributed by atoms with Gasteiger partial charge in [0.2, 0.25) is 0 Å². The lowest BCUT2D eigenvalue weighted by molar-refractivity contribution is 0.102. The Balaban J connectivity index is 1.60. The minimum absolute atomic E-state index is 0.236. The molecule has 0 fully saturated rings. The molecule has 0 unspecified atom stereocenters. The van der Waals surface area contributed by atoms with E-state index in [4.69, 9.17) is 9.47 Å². The van der Waals surface area contributed by atoms with Crippen molar-refractivity contribution >= 4 is 34.1 Å². The van der Waals surface area contributed by atoms with E-state index in [-0.39, 0.29) is 11.7 Å². The topological polar surface area (TPSA) is 60.5 Å². The van der Waals surface area contributed by atoms with Crippen molar-refractivity contribution in [3.63, 3.8) is 0 Å². The van der Waals surface area contributed by atoms with Crippen LogP contribution in [0.2, 0.25) is 0 Å². The molecule has 0 spiro atoms. The Bertz CT molecular complexity index is 923. The number of benzene rings is 2. The highest BCUT2D eigenvalue weighted by molar-refractivity contribution is 7.97. The van der Waals surface area contributed by atoms with E-state index >= 15 is 0 Å². The average Bonchev–Trinajstić information content (AvgIpc) is 3.15. The fourth-order valence-electron chi connectivity index (χ4n) is 2.52. The highest BCUT2D eigenvalue weighted by Crippen LogP contribution is 2.30. The molecular formula is C20H19FN2O3S2. The summed E-state index contributed by atoms with van der Waals surface area (Å²) in [5.41, 5.74) is 2.26. The smallest absolute Gasteiger partial charge is 0.265 e. The van der Waals surface area contributed by atoms with E-state index in [9.17, 15) is 9.18 Å². The second-order valence-electron chi connectivity index (χ2n) is 5.75. The van der Waals surface area contributed by atoms with Crippen LogP contribution < -0.4 is 14.8 Å². The summed E-state index contributed by atoms with van der Waals surface area (Å²) in [6, 6.07) is 11.6. The maximum Gasteiger partial charge on any atom is 0.265 e. The van der Waals surface area contributed by atoms with Crippen LogP contribution in [0.3, 0.4) is 0 Å². The van der Waals surface area contributed by atoms with Crippen LogP contribution in [-0.4, -0.2) is 25.1 Å². The molecule has 1 heterocycles. The molecule has 1 amide bonds. The summed E-state index contributed by atoms with van der Waals surface area (Å²) in [6.07, 6.45) is 0. The number of nitrogens with zero attached hydrogens (tertiary/aromatic N) is 1. The number of halogens is 1. The molecule has 5 nitrogen and oxygen atoms in total. The second kappa shape index (κ2) is 9.57. The van der Waals surface area contributed by atoms with Gasteiger partial charge in [-0.2, -0.15) is 11.8 Å². The molecule has 0 atom stereocenters. The normalized spacial score (nSPS) is 10.5. The number of ether oxygens (including phenoxy) is 2. The molecule has 1 N–H and O–H groups in total. The zero-order valence-electron chi connectivity index (χ0n) is 15.4. The molecule has 146 valence electrons. The number of methoxy groups -OCH3 is 2. The molecule has 0 saturated heterocycles. The molecular weight excluding hydrogens is 399 g/mol. The zero-order chi connectivity index (χ0) is 19.9. The third-order valence-electron chi connectivity index (χ3n) is 3.86. The van der Waals surface area contributed by atoms with Gasteiger partial charge in [0.05, 0.1) is 19.9 Å². The molecule has 2 aromatic carbocycles. The van der Waals surface area contributed by atoms with Crippen molar-refractivity contribution in [3.8, 4) is 11.5 Å². The third kappa shape index (κ3) is 5.02. The number of thiazole rings is 1. The Morgan fingerprint density at radius 3 is 2.43 bits per heavy atom. The minimum atomic E-state index is -0.339. The molecule has 3 rings (SSSR count). The molecule has 8 heteroatoms. The first-order chi connectivity index (χ1) is 13.6. The van der Waals surface area contributed by atoms with Gasteiger partial charge in [-0.3, -0.25) is 10.1 Å². The average molecular weight is 419 g/mol. The fourth-order valence-corrected chi connectivity index (χ4v) is 4.22. The van der Waals surface area contributed by atoms with Crippen LogP contribution in [0.1, 0.15) is 21.6 Å².